The lowest BCUT2D eigenvalue weighted by molar-refractivity contribution is -0.127. The molecule has 1 unspecified atom stereocenters. The van der Waals surface area contributed by atoms with E-state index in [9.17, 15) is 18.0 Å². The Hall–Kier alpha value is -2.51. The quantitative estimate of drug-likeness (QED) is 0.572. The average molecular weight is 483 g/mol. The highest BCUT2D eigenvalue weighted by Crippen LogP contribution is 2.30. The Morgan fingerprint density at radius 1 is 0.941 bits per heavy atom. The molecule has 0 aromatic heterocycles. The lowest BCUT2D eigenvalue weighted by atomic mass is 9.90. The molecule has 1 heterocycles. The highest BCUT2D eigenvalue weighted by molar-refractivity contribution is 7.89. The highest BCUT2D eigenvalue weighted by atomic mass is 32.2. The van der Waals surface area contributed by atoms with Gasteiger partial charge < -0.3 is 5.32 Å². The maximum Gasteiger partial charge on any atom is 0.243 e. The number of rotatable bonds is 8. The summed E-state index contributed by atoms with van der Waals surface area (Å²) in [6, 6.07) is 16.5. The zero-order valence-electron chi connectivity index (χ0n) is 19.8. The minimum atomic E-state index is -3.64. The molecule has 7 heteroatoms. The van der Waals surface area contributed by atoms with Crippen molar-refractivity contribution < 1.29 is 18.0 Å². The SMILES string of the molecule is CC(=O)c1ccc(S(=O)(=O)N2CCC(C(=O)NC(Cc3ccccc3)C3CCCC3)CC2)cc1. The van der Waals surface area contributed by atoms with Gasteiger partial charge in [-0.3, -0.25) is 9.59 Å². The molecule has 1 amide bonds. The van der Waals surface area contributed by atoms with Crippen LogP contribution in [0.1, 0.15) is 61.4 Å². The van der Waals surface area contributed by atoms with E-state index < -0.39 is 10.0 Å². The predicted octanol–water partition coefficient (Wildman–Crippen LogP) is 4.21. The number of sulfonamides is 1. The molecule has 0 radical (unpaired) electrons. The fourth-order valence-electron chi connectivity index (χ4n) is 5.23. The van der Waals surface area contributed by atoms with E-state index in [0.29, 0.717) is 37.4 Å². The molecule has 182 valence electrons. The third kappa shape index (κ3) is 5.76. The Kier molecular flexibility index (Phi) is 7.84. The second-order valence-electron chi connectivity index (χ2n) is 9.61. The molecule has 1 saturated heterocycles. The van der Waals surface area contributed by atoms with Crippen LogP contribution in [0.15, 0.2) is 59.5 Å². The molecule has 2 aromatic carbocycles. The van der Waals surface area contributed by atoms with Crippen molar-refractivity contribution in [3.8, 4) is 0 Å². The van der Waals surface area contributed by atoms with Crippen LogP contribution >= 0.6 is 0 Å². The second kappa shape index (κ2) is 10.8. The zero-order valence-corrected chi connectivity index (χ0v) is 20.6. The monoisotopic (exact) mass is 482 g/mol. The number of amides is 1. The number of carbonyl (C=O) groups excluding carboxylic acids is 2. The van der Waals surface area contributed by atoms with Gasteiger partial charge in [-0.1, -0.05) is 55.3 Å². The van der Waals surface area contributed by atoms with Crippen molar-refractivity contribution in [2.24, 2.45) is 11.8 Å². The van der Waals surface area contributed by atoms with E-state index in [4.69, 9.17) is 0 Å². The number of Topliss-reactive ketones (excluding diaryl/α,β-unsaturated/α-hetero) is 1. The van der Waals surface area contributed by atoms with Crippen LogP contribution in [0.2, 0.25) is 0 Å². The Morgan fingerprint density at radius 3 is 2.15 bits per heavy atom. The van der Waals surface area contributed by atoms with Crippen molar-refractivity contribution in [2.45, 2.75) is 62.8 Å². The zero-order chi connectivity index (χ0) is 24.1. The van der Waals surface area contributed by atoms with Crippen molar-refractivity contribution in [3.05, 3.63) is 65.7 Å². The fraction of sp³-hybridized carbons (Fsp3) is 0.481. The van der Waals surface area contributed by atoms with Crippen LogP contribution in [0.3, 0.4) is 0 Å². The van der Waals surface area contributed by atoms with Crippen LogP contribution < -0.4 is 5.32 Å². The Morgan fingerprint density at radius 2 is 1.56 bits per heavy atom. The number of benzene rings is 2. The van der Waals surface area contributed by atoms with E-state index in [1.165, 1.54) is 41.8 Å². The number of hydrogen-bond donors (Lipinski definition) is 1. The number of nitrogens with zero attached hydrogens (tertiary/aromatic N) is 1. The standard InChI is InChI=1S/C27H34N2O4S/c1-20(30)22-11-13-25(14-12-22)34(32,33)29-17-15-24(16-18-29)27(31)28-26(23-9-5-6-10-23)19-21-7-3-2-4-8-21/h2-4,7-8,11-14,23-24,26H,5-6,9-10,15-19H2,1H3,(H,28,31). The summed E-state index contributed by atoms with van der Waals surface area (Å²) in [4.78, 5) is 24.8. The molecule has 6 nitrogen and oxygen atoms in total. The highest BCUT2D eigenvalue weighted by Gasteiger charge is 2.34. The number of nitrogens with one attached hydrogen (secondary N) is 1. The number of piperidine rings is 1. The van der Waals surface area contributed by atoms with Crippen molar-refractivity contribution >= 4 is 21.7 Å². The summed E-state index contributed by atoms with van der Waals surface area (Å²) in [6.45, 7) is 2.10. The molecule has 4 rings (SSSR count). The van der Waals surface area contributed by atoms with E-state index in [2.05, 4.69) is 17.4 Å². The molecule has 34 heavy (non-hydrogen) atoms. The van der Waals surface area contributed by atoms with Gasteiger partial charge in [0.05, 0.1) is 4.90 Å². The van der Waals surface area contributed by atoms with Gasteiger partial charge in [-0.05, 0) is 62.6 Å². The van der Waals surface area contributed by atoms with Gasteiger partial charge in [-0.2, -0.15) is 4.31 Å². The number of ketones is 1. The van der Waals surface area contributed by atoms with Gasteiger partial charge in [0.2, 0.25) is 15.9 Å². The number of carbonyl (C=O) groups is 2. The van der Waals surface area contributed by atoms with Crippen LogP contribution in [0.4, 0.5) is 0 Å². The number of hydrogen-bond acceptors (Lipinski definition) is 4. The molecule has 2 aliphatic rings. The van der Waals surface area contributed by atoms with Gasteiger partial charge >= 0.3 is 0 Å². The minimum absolute atomic E-state index is 0.0516. The van der Waals surface area contributed by atoms with Gasteiger partial charge in [-0.15, -0.1) is 0 Å². The van der Waals surface area contributed by atoms with E-state index in [1.54, 1.807) is 12.1 Å². The minimum Gasteiger partial charge on any atom is -0.353 e. The van der Waals surface area contributed by atoms with Crippen molar-refractivity contribution in [1.29, 1.82) is 0 Å². The first-order valence-electron chi connectivity index (χ1n) is 12.3. The molecule has 1 N–H and O–H groups in total. The second-order valence-corrected chi connectivity index (χ2v) is 11.5. The van der Waals surface area contributed by atoms with E-state index in [1.807, 2.05) is 18.2 Å². The van der Waals surface area contributed by atoms with Crippen LogP contribution in [-0.4, -0.2) is 43.5 Å². The van der Waals surface area contributed by atoms with Crippen LogP contribution in [0, 0.1) is 11.8 Å². The smallest absolute Gasteiger partial charge is 0.243 e. The maximum atomic E-state index is 13.2. The van der Waals surface area contributed by atoms with Gasteiger partial charge in [0.1, 0.15) is 0 Å². The Bertz CT molecular complexity index is 1090. The molecule has 2 fully saturated rings. The first-order valence-corrected chi connectivity index (χ1v) is 13.7. The average Bonchev–Trinajstić information content (AvgIpc) is 3.39. The first-order chi connectivity index (χ1) is 16.3. The Labute approximate surface area is 202 Å². The van der Waals surface area contributed by atoms with Crippen molar-refractivity contribution in [3.63, 3.8) is 0 Å². The van der Waals surface area contributed by atoms with Gasteiger partial charge in [0.25, 0.3) is 0 Å². The summed E-state index contributed by atoms with van der Waals surface area (Å²) >= 11 is 0. The van der Waals surface area contributed by atoms with E-state index >= 15 is 0 Å². The molecule has 2 aromatic rings. The first kappa shape index (κ1) is 24.6. The molecule has 1 saturated carbocycles. The summed E-state index contributed by atoms with van der Waals surface area (Å²) in [5, 5.41) is 3.34. The lowest BCUT2D eigenvalue weighted by Crippen LogP contribution is -2.47. The fourth-order valence-corrected chi connectivity index (χ4v) is 6.70. The molecule has 0 spiro atoms. The van der Waals surface area contributed by atoms with E-state index in [0.717, 1.165) is 19.3 Å². The third-order valence-corrected chi connectivity index (χ3v) is 9.23. The topological polar surface area (TPSA) is 83.6 Å². The largest absolute Gasteiger partial charge is 0.353 e. The molecule has 1 aliphatic heterocycles. The molecule has 0 bridgehead atoms. The summed E-state index contributed by atoms with van der Waals surface area (Å²) in [5.74, 6) is 0.281. The maximum absolute atomic E-state index is 13.2. The summed E-state index contributed by atoms with van der Waals surface area (Å²) in [6.07, 6.45) is 6.60. The predicted molar refractivity (Wildman–Crippen MR) is 132 cm³/mol. The molecule has 1 aliphatic carbocycles. The summed E-state index contributed by atoms with van der Waals surface area (Å²) in [7, 11) is -3.64. The Balaban J connectivity index is 1.36. The molecular weight excluding hydrogens is 448 g/mol. The normalized spacial score (nSPS) is 19.1. The van der Waals surface area contributed by atoms with Crippen molar-refractivity contribution in [2.75, 3.05) is 13.1 Å². The van der Waals surface area contributed by atoms with Gasteiger partial charge in [-0.25, -0.2) is 8.42 Å². The van der Waals surface area contributed by atoms with Crippen molar-refractivity contribution in [1.82, 2.24) is 9.62 Å². The molecular formula is C27H34N2O4S. The van der Waals surface area contributed by atoms with Gasteiger partial charge in [0, 0.05) is 30.6 Å². The summed E-state index contributed by atoms with van der Waals surface area (Å²) in [5.41, 5.74) is 1.72. The van der Waals surface area contributed by atoms with Gasteiger partial charge in [0.15, 0.2) is 5.78 Å². The van der Waals surface area contributed by atoms with E-state index in [-0.39, 0.29) is 28.5 Å². The third-order valence-electron chi connectivity index (χ3n) is 7.32. The lowest BCUT2D eigenvalue weighted by Gasteiger charge is -2.32. The van der Waals surface area contributed by atoms with Crippen LogP contribution in [-0.2, 0) is 21.2 Å². The van der Waals surface area contributed by atoms with Crippen LogP contribution in [0.25, 0.3) is 0 Å². The summed E-state index contributed by atoms with van der Waals surface area (Å²) < 4.78 is 27.5. The van der Waals surface area contributed by atoms with Crippen LogP contribution in [0.5, 0.6) is 0 Å². The molecule has 1 atom stereocenters.